The van der Waals surface area contributed by atoms with Gasteiger partial charge in [0.05, 0.1) is 23.9 Å². The van der Waals surface area contributed by atoms with Crippen LogP contribution in [0.5, 0.6) is 5.19 Å². The first-order valence-corrected chi connectivity index (χ1v) is 17.6. The SMILES string of the molecule is COC(=O)[C@@]12C[C@H]1/C=C\CCCCC[C@H](Nc1ccc(-c3ccccc3)cc1)C(=O)N1C[C@H](Oc3nc4ccccc4s3)C[C@H]1C(=O)N2. The Morgan fingerprint density at radius 2 is 1.75 bits per heavy atom. The predicted molar refractivity (Wildman–Crippen MR) is 187 cm³/mol. The molecule has 9 nitrogen and oxygen atoms in total. The van der Waals surface area contributed by atoms with Crippen molar-refractivity contribution in [2.24, 2.45) is 5.92 Å². The monoisotopic (exact) mass is 664 g/mol. The van der Waals surface area contributed by atoms with E-state index < -0.39 is 29.7 Å². The maximum absolute atomic E-state index is 14.5. The van der Waals surface area contributed by atoms with Crippen molar-refractivity contribution in [2.75, 3.05) is 19.0 Å². The first-order chi connectivity index (χ1) is 23.4. The van der Waals surface area contributed by atoms with E-state index in [4.69, 9.17) is 9.47 Å². The van der Waals surface area contributed by atoms with Gasteiger partial charge in [-0.1, -0.05) is 90.9 Å². The van der Waals surface area contributed by atoms with Gasteiger partial charge in [0.25, 0.3) is 5.19 Å². The topological polar surface area (TPSA) is 110 Å². The molecular formula is C38H40N4O5S. The van der Waals surface area contributed by atoms with Crippen LogP contribution >= 0.6 is 11.3 Å². The molecule has 5 atom stereocenters. The minimum Gasteiger partial charge on any atom is -0.467 e. The number of rotatable bonds is 6. The van der Waals surface area contributed by atoms with E-state index in [-0.39, 0.29) is 30.7 Å². The number of anilines is 1. The Kier molecular flexibility index (Phi) is 9.17. The van der Waals surface area contributed by atoms with E-state index in [0.29, 0.717) is 18.0 Å². The Morgan fingerprint density at radius 3 is 2.54 bits per heavy atom. The zero-order chi connectivity index (χ0) is 33.1. The molecule has 48 heavy (non-hydrogen) atoms. The maximum Gasteiger partial charge on any atom is 0.332 e. The number of methoxy groups -OCH3 is 1. The predicted octanol–water partition coefficient (Wildman–Crippen LogP) is 6.36. The van der Waals surface area contributed by atoms with Crippen molar-refractivity contribution in [1.29, 1.82) is 0 Å². The van der Waals surface area contributed by atoms with Gasteiger partial charge in [-0.15, -0.1) is 0 Å². The van der Waals surface area contributed by atoms with E-state index in [2.05, 4.69) is 33.8 Å². The third-order valence-corrected chi connectivity index (χ3v) is 10.6. The second kappa shape index (κ2) is 13.8. The number of allylic oxidation sites excluding steroid dienone is 1. The van der Waals surface area contributed by atoms with Crippen LogP contribution in [0.15, 0.2) is 91.0 Å². The molecule has 2 fully saturated rings. The van der Waals surface area contributed by atoms with Gasteiger partial charge in [-0.05, 0) is 61.1 Å². The average molecular weight is 665 g/mol. The summed E-state index contributed by atoms with van der Waals surface area (Å²) in [5.41, 5.74) is 2.76. The molecular weight excluding hydrogens is 625 g/mol. The lowest BCUT2D eigenvalue weighted by molar-refractivity contribution is -0.148. The zero-order valence-corrected chi connectivity index (χ0v) is 27.8. The average Bonchev–Trinajstić information content (AvgIpc) is 3.41. The Labute approximate surface area is 284 Å². The standard InChI is InChI=1S/C38H40N4O5S/c1-46-36(45)38-23-27(38)14-8-3-2-4-9-16-31(39-28-20-18-26(19-21-28)25-12-6-5-7-13-25)35(44)42-24-29(22-32(42)34(43)41-38)47-37-40-30-15-10-11-17-33(30)48-37/h5-8,10-15,17-21,27,29,31-32,39H,2-4,9,16,22-24H2,1H3,(H,41,43)/b14-8-/t27-,29-,31+,32+,38-/m1/s1. The highest BCUT2D eigenvalue weighted by Crippen LogP contribution is 2.46. The molecule has 3 aliphatic rings. The number of amides is 2. The van der Waals surface area contributed by atoms with Crippen molar-refractivity contribution in [3.8, 4) is 16.3 Å². The fourth-order valence-electron chi connectivity index (χ4n) is 6.95. The van der Waals surface area contributed by atoms with E-state index in [1.54, 1.807) is 4.90 Å². The van der Waals surface area contributed by atoms with E-state index in [0.717, 1.165) is 52.7 Å². The summed E-state index contributed by atoms with van der Waals surface area (Å²) in [5, 5.41) is 7.03. The van der Waals surface area contributed by atoms with Crippen molar-refractivity contribution >= 4 is 45.0 Å². The summed E-state index contributed by atoms with van der Waals surface area (Å²) in [5.74, 6) is -1.15. The van der Waals surface area contributed by atoms with Crippen LogP contribution in [-0.4, -0.2) is 65.0 Å². The third-order valence-electron chi connectivity index (χ3n) is 9.66. The van der Waals surface area contributed by atoms with Gasteiger partial charge in [-0.25, -0.2) is 9.78 Å². The summed E-state index contributed by atoms with van der Waals surface area (Å²) in [4.78, 5) is 47.9. The summed E-state index contributed by atoms with van der Waals surface area (Å²) in [6, 6.07) is 24.7. The van der Waals surface area contributed by atoms with Crippen LogP contribution in [0.25, 0.3) is 21.3 Å². The highest BCUT2D eigenvalue weighted by Gasteiger charge is 2.62. The van der Waals surface area contributed by atoms with Crippen LogP contribution in [-0.2, 0) is 19.1 Å². The number of benzene rings is 3. The number of hydrogen-bond acceptors (Lipinski definition) is 8. The number of carbonyl (C=O) groups is 3. The van der Waals surface area contributed by atoms with Crippen LogP contribution in [0.4, 0.5) is 5.69 Å². The first kappa shape index (κ1) is 31.9. The first-order valence-electron chi connectivity index (χ1n) is 16.8. The number of ether oxygens (including phenoxy) is 2. The normalized spacial score (nSPS) is 26.7. The van der Waals surface area contributed by atoms with E-state index >= 15 is 0 Å². The number of nitrogens with zero attached hydrogens (tertiary/aromatic N) is 2. The number of aromatic nitrogens is 1. The van der Waals surface area contributed by atoms with E-state index in [1.165, 1.54) is 18.4 Å². The molecule has 0 unspecified atom stereocenters. The van der Waals surface area contributed by atoms with Gasteiger partial charge in [0.15, 0.2) is 0 Å². The van der Waals surface area contributed by atoms with E-state index in [9.17, 15) is 14.4 Å². The number of hydrogen-bond donors (Lipinski definition) is 2. The Hall–Kier alpha value is -4.70. The molecule has 1 aliphatic carbocycles. The fraction of sp³-hybridized carbons (Fsp3) is 0.368. The van der Waals surface area contributed by atoms with E-state index in [1.807, 2.05) is 72.8 Å². The summed E-state index contributed by atoms with van der Waals surface area (Å²) in [6.07, 6.45) is 8.69. The molecule has 2 aliphatic heterocycles. The minimum atomic E-state index is -1.12. The summed E-state index contributed by atoms with van der Waals surface area (Å²) >= 11 is 1.44. The quantitative estimate of drug-likeness (QED) is 0.182. The lowest BCUT2D eigenvalue weighted by Crippen LogP contribution is -2.55. The lowest BCUT2D eigenvalue weighted by Gasteiger charge is -2.30. The highest BCUT2D eigenvalue weighted by molar-refractivity contribution is 7.20. The van der Waals surface area contributed by atoms with Gasteiger partial charge >= 0.3 is 5.97 Å². The van der Waals surface area contributed by atoms with Crippen molar-refractivity contribution in [2.45, 2.75) is 68.7 Å². The summed E-state index contributed by atoms with van der Waals surface area (Å²) in [7, 11) is 1.34. The van der Waals surface area contributed by atoms with Crippen LogP contribution in [0.2, 0.25) is 0 Å². The molecule has 2 amide bonds. The summed E-state index contributed by atoms with van der Waals surface area (Å²) < 4.78 is 12.5. The van der Waals surface area contributed by atoms with Crippen LogP contribution in [0.1, 0.15) is 44.9 Å². The number of nitrogens with one attached hydrogen (secondary N) is 2. The van der Waals surface area contributed by atoms with Crippen molar-refractivity contribution in [3.63, 3.8) is 0 Å². The van der Waals surface area contributed by atoms with Crippen LogP contribution in [0, 0.1) is 5.92 Å². The number of carbonyl (C=O) groups excluding carboxylic acids is 3. The molecule has 4 aromatic rings. The Balaban J connectivity index is 1.16. The number of para-hydroxylation sites is 1. The molecule has 0 bridgehead atoms. The number of fused-ring (bicyclic) bond motifs is 3. The maximum atomic E-state index is 14.5. The fourth-order valence-corrected chi connectivity index (χ4v) is 7.83. The molecule has 3 aromatic carbocycles. The molecule has 248 valence electrons. The van der Waals surface area contributed by atoms with Gasteiger partial charge in [-0.3, -0.25) is 9.59 Å². The van der Waals surface area contributed by atoms with Gasteiger partial charge in [0.1, 0.15) is 23.7 Å². The lowest BCUT2D eigenvalue weighted by atomic mass is 10.0. The zero-order valence-electron chi connectivity index (χ0n) is 27.0. The molecule has 7 rings (SSSR count). The van der Waals surface area contributed by atoms with Crippen molar-refractivity contribution < 1.29 is 23.9 Å². The molecule has 3 heterocycles. The highest BCUT2D eigenvalue weighted by atomic mass is 32.1. The molecule has 1 saturated carbocycles. The van der Waals surface area contributed by atoms with Gasteiger partial charge < -0.3 is 25.0 Å². The summed E-state index contributed by atoms with van der Waals surface area (Å²) in [6.45, 7) is 0.229. The smallest absolute Gasteiger partial charge is 0.332 e. The largest absolute Gasteiger partial charge is 0.467 e. The molecule has 1 saturated heterocycles. The minimum absolute atomic E-state index is 0.146. The third kappa shape index (κ3) is 6.67. The molecule has 0 radical (unpaired) electrons. The van der Waals surface area contributed by atoms with Crippen molar-refractivity contribution in [3.05, 3.63) is 91.0 Å². The number of esters is 1. The molecule has 1 aromatic heterocycles. The molecule has 2 N–H and O–H groups in total. The van der Waals surface area contributed by atoms with Crippen LogP contribution in [0.3, 0.4) is 0 Å². The Morgan fingerprint density at radius 1 is 0.979 bits per heavy atom. The van der Waals surface area contributed by atoms with Gasteiger partial charge in [0, 0.05) is 18.0 Å². The molecule has 10 heteroatoms. The van der Waals surface area contributed by atoms with Crippen LogP contribution < -0.4 is 15.4 Å². The molecule has 0 spiro atoms. The van der Waals surface area contributed by atoms with Gasteiger partial charge in [0.2, 0.25) is 11.8 Å². The number of thiazole rings is 1. The Bertz CT molecular complexity index is 1780. The second-order valence-corrected chi connectivity index (χ2v) is 13.9. The van der Waals surface area contributed by atoms with Gasteiger partial charge in [-0.2, -0.15) is 0 Å². The second-order valence-electron chi connectivity index (χ2n) is 12.9. The van der Waals surface area contributed by atoms with Crippen molar-refractivity contribution in [1.82, 2.24) is 15.2 Å².